The van der Waals surface area contributed by atoms with Gasteiger partial charge in [0.25, 0.3) is 0 Å². The molecular weight excluding hydrogens is 276 g/mol. The number of carboxylic acids is 1. The molecule has 0 aliphatic heterocycles. The maximum Gasteiger partial charge on any atom is 0.335 e. The minimum absolute atomic E-state index is 0.0544. The van der Waals surface area contributed by atoms with Crippen LogP contribution in [0.4, 0.5) is 0 Å². The largest absolute Gasteiger partial charge is 0.478 e. The summed E-state index contributed by atoms with van der Waals surface area (Å²) in [4.78, 5) is 11.3. The van der Waals surface area contributed by atoms with Crippen molar-refractivity contribution in [1.82, 2.24) is 0 Å². The maximum absolute atomic E-state index is 12.5. The van der Waals surface area contributed by atoms with E-state index in [4.69, 9.17) is 5.11 Å². The number of aryl methyl sites for hydroxylation is 2. The predicted molar refractivity (Wildman–Crippen MR) is 79.0 cm³/mol. The molecule has 0 aliphatic rings. The lowest BCUT2D eigenvalue weighted by Gasteiger charge is -2.15. The molecule has 0 aromatic heterocycles. The lowest BCUT2D eigenvalue weighted by Crippen LogP contribution is -2.17. The molecule has 112 valence electrons. The van der Waals surface area contributed by atoms with Gasteiger partial charge in [-0.05, 0) is 37.0 Å². The number of hydrogen-bond donors (Lipinski definition) is 1. The van der Waals surface area contributed by atoms with Crippen LogP contribution >= 0.6 is 0 Å². The van der Waals surface area contributed by atoms with Gasteiger partial charge in [0.2, 0.25) is 0 Å². The molecular formula is C15H22O4S. The first-order chi connectivity index (χ1) is 9.22. The maximum atomic E-state index is 12.5. The van der Waals surface area contributed by atoms with Gasteiger partial charge in [-0.3, -0.25) is 0 Å². The van der Waals surface area contributed by atoms with Gasteiger partial charge in [-0.1, -0.05) is 32.8 Å². The summed E-state index contributed by atoms with van der Waals surface area (Å²) in [6, 6.07) is 2.92. The van der Waals surface area contributed by atoms with E-state index >= 15 is 0 Å². The zero-order valence-corrected chi connectivity index (χ0v) is 13.3. The van der Waals surface area contributed by atoms with Crippen LogP contribution in [0.5, 0.6) is 0 Å². The van der Waals surface area contributed by atoms with E-state index in [2.05, 4.69) is 0 Å². The minimum atomic E-state index is -3.45. The number of benzene rings is 1. The van der Waals surface area contributed by atoms with E-state index in [1.807, 2.05) is 13.8 Å². The van der Waals surface area contributed by atoms with E-state index in [0.717, 1.165) is 12.8 Å². The summed E-state index contributed by atoms with van der Waals surface area (Å²) < 4.78 is 24.9. The molecule has 0 amide bonds. The fraction of sp³-hybridized carbons (Fsp3) is 0.533. The third-order valence-electron chi connectivity index (χ3n) is 3.70. The van der Waals surface area contributed by atoms with E-state index in [0.29, 0.717) is 11.1 Å². The predicted octanol–water partition coefficient (Wildman–Crippen LogP) is 3.21. The monoisotopic (exact) mass is 298 g/mol. The van der Waals surface area contributed by atoms with Gasteiger partial charge in [0.15, 0.2) is 9.84 Å². The van der Waals surface area contributed by atoms with E-state index in [1.54, 1.807) is 19.9 Å². The van der Waals surface area contributed by atoms with Crippen molar-refractivity contribution >= 4 is 15.8 Å². The van der Waals surface area contributed by atoms with E-state index in [1.165, 1.54) is 6.07 Å². The molecule has 4 nitrogen and oxygen atoms in total. The molecule has 1 aromatic carbocycles. The Labute approximate surface area is 120 Å². The van der Waals surface area contributed by atoms with Crippen molar-refractivity contribution in [3.8, 4) is 0 Å². The Morgan fingerprint density at radius 1 is 1.15 bits per heavy atom. The second-order valence-corrected chi connectivity index (χ2v) is 7.20. The quantitative estimate of drug-likeness (QED) is 0.875. The third-order valence-corrected chi connectivity index (χ3v) is 5.72. The molecule has 1 aromatic rings. The van der Waals surface area contributed by atoms with Crippen molar-refractivity contribution in [2.45, 2.75) is 45.4 Å². The van der Waals surface area contributed by atoms with Gasteiger partial charge >= 0.3 is 5.97 Å². The second-order valence-electron chi connectivity index (χ2n) is 5.20. The Balaban J connectivity index is 3.31. The van der Waals surface area contributed by atoms with Gasteiger partial charge in [0.05, 0.1) is 16.2 Å². The molecule has 5 heteroatoms. The van der Waals surface area contributed by atoms with Gasteiger partial charge in [-0.2, -0.15) is 0 Å². The molecule has 0 heterocycles. The van der Waals surface area contributed by atoms with Gasteiger partial charge < -0.3 is 5.11 Å². The van der Waals surface area contributed by atoms with Gasteiger partial charge in [0.1, 0.15) is 0 Å². The van der Waals surface area contributed by atoms with Crippen LogP contribution in [-0.2, 0) is 9.84 Å². The lowest BCUT2D eigenvalue weighted by molar-refractivity contribution is 0.0696. The Hall–Kier alpha value is -1.36. The number of sulfone groups is 1. The van der Waals surface area contributed by atoms with Crippen LogP contribution in [0.25, 0.3) is 0 Å². The molecule has 0 radical (unpaired) electrons. The van der Waals surface area contributed by atoms with Crippen molar-refractivity contribution in [3.05, 3.63) is 28.8 Å². The zero-order chi connectivity index (χ0) is 15.5. The number of aromatic carboxylic acids is 1. The molecule has 0 spiro atoms. The normalized spacial score (nSPS) is 11.8. The Morgan fingerprint density at radius 2 is 1.70 bits per heavy atom. The zero-order valence-electron chi connectivity index (χ0n) is 12.4. The second kappa shape index (κ2) is 6.39. The fourth-order valence-corrected chi connectivity index (χ4v) is 4.44. The third kappa shape index (κ3) is 3.60. The molecule has 0 aliphatic carbocycles. The van der Waals surface area contributed by atoms with E-state index < -0.39 is 15.8 Å². The molecule has 0 saturated heterocycles. The first-order valence-corrected chi connectivity index (χ1v) is 8.45. The highest BCUT2D eigenvalue weighted by Gasteiger charge is 2.23. The highest BCUT2D eigenvalue weighted by atomic mass is 32.2. The summed E-state index contributed by atoms with van der Waals surface area (Å²) in [6.07, 6.45) is 1.60. The molecule has 0 unspecified atom stereocenters. The summed E-state index contributed by atoms with van der Waals surface area (Å²) in [5.74, 6) is -0.918. The molecule has 0 fully saturated rings. The van der Waals surface area contributed by atoms with Crippen LogP contribution < -0.4 is 0 Å². The molecule has 1 rings (SSSR count). The number of carbonyl (C=O) groups is 1. The van der Waals surface area contributed by atoms with Gasteiger partial charge in [0, 0.05) is 0 Å². The fourth-order valence-electron chi connectivity index (χ4n) is 2.32. The van der Waals surface area contributed by atoms with E-state index in [9.17, 15) is 13.2 Å². The van der Waals surface area contributed by atoms with Crippen molar-refractivity contribution in [1.29, 1.82) is 0 Å². The van der Waals surface area contributed by atoms with Crippen molar-refractivity contribution in [2.24, 2.45) is 5.92 Å². The van der Waals surface area contributed by atoms with Crippen LogP contribution in [-0.4, -0.2) is 25.2 Å². The Kier molecular flexibility index (Phi) is 5.34. The van der Waals surface area contributed by atoms with Crippen LogP contribution in [0.1, 0.15) is 48.2 Å². The smallest absolute Gasteiger partial charge is 0.335 e. The summed E-state index contributed by atoms with van der Waals surface area (Å²) >= 11 is 0. The average molecular weight is 298 g/mol. The summed E-state index contributed by atoms with van der Waals surface area (Å²) in [7, 11) is -3.45. The summed E-state index contributed by atoms with van der Waals surface area (Å²) in [6.45, 7) is 7.31. The van der Waals surface area contributed by atoms with Crippen molar-refractivity contribution < 1.29 is 18.3 Å². The highest BCUT2D eigenvalue weighted by molar-refractivity contribution is 7.91. The molecule has 20 heavy (non-hydrogen) atoms. The number of hydrogen-bond acceptors (Lipinski definition) is 3. The van der Waals surface area contributed by atoms with Crippen LogP contribution in [0.15, 0.2) is 17.0 Å². The first kappa shape index (κ1) is 16.7. The summed E-state index contributed by atoms with van der Waals surface area (Å²) in [5, 5.41) is 9.13. The number of carboxylic acid groups (broad SMARTS) is 1. The topological polar surface area (TPSA) is 71.4 Å². The summed E-state index contributed by atoms with van der Waals surface area (Å²) in [5.41, 5.74) is 1.24. The highest BCUT2D eigenvalue weighted by Crippen LogP contribution is 2.24. The molecule has 1 N–H and O–H groups in total. The van der Waals surface area contributed by atoms with Crippen LogP contribution in [0.2, 0.25) is 0 Å². The standard InChI is InChI=1S/C15H22O4S/c1-5-12(6-2)9-20(18,19)14-8-13(15(16)17)10(3)7-11(14)4/h7-8,12H,5-6,9H2,1-4H3,(H,16,17). The SMILES string of the molecule is CCC(CC)CS(=O)(=O)c1cc(C(=O)O)c(C)cc1C. The van der Waals surface area contributed by atoms with Gasteiger partial charge in [-0.25, -0.2) is 13.2 Å². The number of rotatable bonds is 6. The Bertz CT molecular complexity index is 599. The first-order valence-electron chi connectivity index (χ1n) is 6.80. The van der Waals surface area contributed by atoms with Crippen LogP contribution in [0, 0.1) is 19.8 Å². The van der Waals surface area contributed by atoms with Gasteiger partial charge in [-0.15, -0.1) is 0 Å². The van der Waals surface area contributed by atoms with E-state index in [-0.39, 0.29) is 22.1 Å². The minimum Gasteiger partial charge on any atom is -0.478 e. The van der Waals surface area contributed by atoms with Crippen molar-refractivity contribution in [2.75, 3.05) is 5.75 Å². The van der Waals surface area contributed by atoms with Crippen molar-refractivity contribution in [3.63, 3.8) is 0 Å². The lowest BCUT2D eigenvalue weighted by atomic mass is 10.1. The van der Waals surface area contributed by atoms with Crippen LogP contribution in [0.3, 0.4) is 0 Å². The molecule has 0 atom stereocenters. The molecule has 0 bridgehead atoms. The molecule has 0 saturated carbocycles. The average Bonchev–Trinajstić information content (AvgIpc) is 2.35. The Morgan fingerprint density at radius 3 is 2.15 bits per heavy atom.